The van der Waals surface area contributed by atoms with Gasteiger partial charge in [-0.2, -0.15) is 0 Å². The zero-order chi connectivity index (χ0) is 15.7. The molecule has 2 heterocycles. The van der Waals surface area contributed by atoms with Gasteiger partial charge in [0, 0.05) is 6.20 Å². The standard InChI is InChI=1S/C14H14FN5O2/c1-8-6-9(2-3-10(8)15)12-14(22)17-11(13(21)18-12)7-20-5-4-16-19-20/h2-6,11-12H,7H2,1H3,(H,17,22)(H,18,21)/t11-,12?/m1/s1. The monoisotopic (exact) mass is 303 g/mol. The van der Waals surface area contributed by atoms with Crippen molar-refractivity contribution in [2.45, 2.75) is 25.6 Å². The van der Waals surface area contributed by atoms with Crippen molar-refractivity contribution < 1.29 is 14.0 Å². The number of benzene rings is 1. The van der Waals surface area contributed by atoms with Crippen molar-refractivity contribution in [2.24, 2.45) is 0 Å². The van der Waals surface area contributed by atoms with Gasteiger partial charge in [0.1, 0.15) is 17.9 Å². The predicted molar refractivity (Wildman–Crippen MR) is 74.0 cm³/mol. The number of piperazine rings is 1. The second-order valence-corrected chi connectivity index (χ2v) is 5.14. The molecule has 0 spiro atoms. The van der Waals surface area contributed by atoms with Gasteiger partial charge in [0.05, 0.1) is 12.7 Å². The van der Waals surface area contributed by atoms with E-state index in [0.29, 0.717) is 11.1 Å². The van der Waals surface area contributed by atoms with E-state index in [-0.39, 0.29) is 24.2 Å². The van der Waals surface area contributed by atoms with Crippen LogP contribution >= 0.6 is 0 Å². The average Bonchev–Trinajstić information content (AvgIpc) is 2.98. The minimum absolute atomic E-state index is 0.201. The van der Waals surface area contributed by atoms with Gasteiger partial charge in [-0.1, -0.05) is 17.3 Å². The smallest absolute Gasteiger partial charge is 0.247 e. The van der Waals surface area contributed by atoms with Gasteiger partial charge >= 0.3 is 0 Å². The molecule has 1 saturated heterocycles. The van der Waals surface area contributed by atoms with Crippen LogP contribution in [0, 0.1) is 12.7 Å². The van der Waals surface area contributed by atoms with Gasteiger partial charge in [-0.25, -0.2) is 9.07 Å². The molecule has 2 aromatic rings. The summed E-state index contributed by atoms with van der Waals surface area (Å²) in [6, 6.07) is 2.79. The number of carbonyl (C=O) groups is 2. The van der Waals surface area contributed by atoms with E-state index in [1.807, 2.05) is 0 Å². The van der Waals surface area contributed by atoms with Gasteiger partial charge in [0.15, 0.2) is 0 Å². The Hall–Kier alpha value is -2.77. The summed E-state index contributed by atoms with van der Waals surface area (Å²) in [6.45, 7) is 1.81. The SMILES string of the molecule is Cc1cc(C2NC(=O)[C@@H](Cn3ccnn3)NC2=O)ccc1F. The van der Waals surface area contributed by atoms with Crippen molar-refractivity contribution in [1.29, 1.82) is 0 Å². The first kappa shape index (κ1) is 14.2. The van der Waals surface area contributed by atoms with Crippen molar-refractivity contribution in [3.63, 3.8) is 0 Å². The molecule has 2 atom stereocenters. The van der Waals surface area contributed by atoms with Gasteiger partial charge in [-0.3, -0.25) is 9.59 Å². The number of rotatable bonds is 3. The van der Waals surface area contributed by atoms with E-state index >= 15 is 0 Å². The summed E-state index contributed by atoms with van der Waals surface area (Å²) in [5.74, 6) is -1.01. The molecular weight excluding hydrogens is 289 g/mol. The Balaban J connectivity index is 1.76. The molecule has 0 bridgehead atoms. The van der Waals surface area contributed by atoms with E-state index in [9.17, 15) is 14.0 Å². The summed E-state index contributed by atoms with van der Waals surface area (Å²) >= 11 is 0. The molecule has 0 aliphatic carbocycles. The number of hydrogen-bond donors (Lipinski definition) is 2. The quantitative estimate of drug-likeness (QED) is 0.840. The Bertz CT molecular complexity index is 716. The summed E-state index contributed by atoms with van der Waals surface area (Å²) < 4.78 is 14.8. The highest BCUT2D eigenvalue weighted by molar-refractivity contribution is 5.97. The molecule has 8 heteroatoms. The predicted octanol–water partition coefficient (Wildman–Crippen LogP) is 0.0815. The third-order valence-electron chi connectivity index (χ3n) is 3.54. The highest BCUT2D eigenvalue weighted by atomic mass is 19.1. The number of amides is 2. The molecule has 7 nitrogen and oxygen atoms in total. The van der Waals surface area contributed by atoms with Crippen LogP contribution in [0.15, 0.2) is 30.6 Å². The molecule has 3 rings (SSSR count). The summed E-state index contributed by atoms with van der Waals surface area (Å²) in [7, 11) is 0. The summed E-state index contributed by atoms with van der Waals surface area (Å²) in [4.78, 5) is 24.4. The summed E-state index contributed by atoms with van der Waals surface area (Å²) in [5, 5.41) is 12.7. The van der Waals surface area contributed by atoms with Gasteiger partial charge in [0.25, 0.3) is 0 Å². The number of halogens is 1. The molecule has 2 N–H and O–H groups in total. The lowest BCUT2D eigenvalue weighted by atomic mass is 10.00. The maximum absolute atomic E-state index is 13.3. The van der Waals surface area contributed by atoms with E-state index in [4.69, 9.17) is 0 Å². The largest absolute Gasteiger partial charge is 0.341 e. The van der Waals surface area contributed by atoms with Gasteiger partial charge in [-0.15, -0.1) is 5.10 Å². The summed E-state index contributed by atoms with van der Waals surface area (Å²) in [6.07, 6.45) is 3.10. The van der Waals surface area contributed by atoms with E-state index < -0.39 is 12.1 Å². The molecule has 1 aromatic carbocycles. The minimum Gasteiger partial charge on any atom is -0.341 e. The fraction of sp³-hybridized carbons (Fsp3) is 0.286. The van der Waals surface area contributed by atoms with Crippen molar-refractivity contribution in [3.05, 3.63) is 47.5 Å². The second-order valence-electron chi connectivity index (χ2n) is 5.14. The fourth-order valence-corrected chi connectivity index (χ4v) is 2.36. The third kappa shape index (κ3) is 2.67. The number of nitrogens with zero attached hydrogens (tertiary/aromatic N) is 3. The molecule has 22 heavy (non-hydrogen) atoms. The van der Waals surface area contributed by atoms with Crippen LogP contribution in [0.1, 0.15) is 17.2 Å². The van der Waals surface area contributed by atoms with E-state index in [1.165, 1.54) is 23.0 Å². The number of carbonyl (C=O) groups excluding carboxylic acids is 2. The summed E-state index contributed by atoms with van der Waals surface area (Å²) in [5.41, 5.74) is 0.966. The molecule has 1 aromatic heterocycles. The van der Waals surface area contributed by atoms with E-state index in [0.717, 1.165) is 0 Å². The molecule has 1 fully saturated rings. The lowest BCUT2D eigenvalue weighted by molar-refractivity contribution is -0.137. The fourth-order valence-electron chi connectivity index (χ4n) is 2.36. The third-order valence-corrected chi connectivity index (χ3v) is 3.54. The molecular formula is C14H14FN5O2. The van der Waals surface area contributed by atoms with Crippen LogP contribution in [0.4, 0.5) is 4.39 Å². The maximum Gasteiger partial charge on any atom is 0.247 e. The molecule has 1 aliphatic rings. The van der Waals surface area contributed by atoms with Crippen LogP contribution in [0.5, 0.6) is 0 Å². The van der Waals surface area contributed by atoms with Crippen LogP contribution in [-0.2, 0) is 16.1 Å². The minimum atomic E-state index is -0.821. The molecule has 0 saturated carbocycles. The van der Waals surface area contributed by atoms with Crippen LogP contribution in [0.3, 0.4) is 0 Å². The Kier molecular flexibility index (Phi) is 3.58. The van der Waals surface area contributed by atoms with E-state index in [2.05, 4.69) is 20.9 Å². The Morgan fingerprint density at radius 2 is 2.09 bits per heavy atom. The zero-order valence-corrected chi connectivity index (χ0v) is 11.8. The molecule has 0 radical (unpaired) electrons. The normalized spacial score (nSPS) is 21.4. The Morgan fingerprint density at radius 1 is 1.27 bits per heavy atom. The lowest BCUT2D eigenvalue weighted by Gasteiger charge is -2.29. The molecule has 2 amide bonds. The molecule has 1 aliphatic heterocycles. The van der Waals surface area contributed by atoms with Gasteiger partial charge < -0.3 is 10.6 Å². The van der Waals surface area contributed by atoms with Gasteiger partial charge in [0.2, 0.25) is 11.8 Å². The number of nitrogens with one attached hydrogen (secondary N) is 2. The van der Waals surface area contributed by atoms with Crippen molar-refractivity contribution in [2.75, 3.05) is 0 Å². The van der Waals surface area contributed by atoms with Crippen molar-refractivity contribution in [3.8, 4) is 0 Å². The maximum atomic E-state index is 13.3. The molecule has 114 valence electrons. The highest BCUT2D eigenvalue weighted by Crippen LogP contribution is 2.19. The average molecular weight is 303 g/mol. The Labute approximate surface area is 125 Å². The van der Waals surface area contributed by atoms with Crippen molar-refractivity contribution in [1.82, 2.24) is 25.6 Å². The number of hydrogen-bond acceptors (Lipinski definition) is 4. The topological polar surface area (TPSA) is 88.9 Å². The van der Waals surface area contributed by atoms with Crippen molar-refractivity contribution >= 4 is 11.8 Å². The highest BCUT2D eigenvalue weighted by Gasteiger charge is 2.34. The first-order valence-corrected chi connectivity index (χ1v) is 6.75. The lowest BCUT2D eigenvalue weighted by Crippen LogP contribution is -2.59. The van der Waals surface area contributed by atoms with Crippen LogP contribution < -0.4 is 10.6 Å². The van der Waals surface area contributed by atoms with E-state index in [1.54, 1.807) is 19.2 Å². The number of aryl methyl sites for hydroxylation is 1. The first-order chi connectivity index (χ1) is 10.5. The van der Waals surface area contributed by atoms with Crippen LogP contribution in [0.2, 0.25) is 0 Å². The number of aromatic nitrogens is 3. The second kappa shape index (κ2) is 5.55. The Morgan fingerprint density at radius 3 is 2.77 bits per heavy atom. The van der Waals surface area contributed by atoms with Crippen LogP contribution in [0.25, 0.3) is 0 Å². The first-order valence-electron chi connectivity index (χ1n) is 6.75. The van der Waals surface area contributed by atoms with Gasteiger partial charge in [-0.05, 0) is 24.1 Å². The van der Waals surface area contributed by atoms with Crippen LogP contribution in [-0.4, -0.2) is 32.9 Å². The zero-order valence-electron chi connectivity index (χ0n) is 11.8. The molecule has 1 unspecified atom stereocenters.